The molecule has 31 heavy (non-hydrogen) atoms. The predicted molar refractivity (Wildman–Crippen MR) is 118 cm³/mol. The van der Waals surface area contributed by atoms with E-state index < -0.39 is 16.1 Å². The molecule has 0 aliphatic carbocycles. The topological polar surface area (TPSA) is 146 Å². The Morgan fingerprint density at radius 2 is 2.00 bits per heavy atom. The number of nitrogens with one attached hydrogen (secondary N) is 1. The number of hydrogen-bond donors (Lipinski definition) is 2. The Morgan fingerprint density at radius 3 is 2.65 bits per heavy atom. The van der Waals surface area contributed by atoms with Gasteiger partial charge in [0.25, 0.3) is 15.9 Å². The zero-order valence-corrected chi connectivity index (χ0v) is 19.9. The Morgan fingerprint density at radius 1 is 1.26 bits per heavy atom. The number of sulfonamides is 1. The summed E-state index contributed by atoms with van der Waals surface area (Å²) in [6, 6.07) is 3.64. The lowest BCUT2D eigenvalue weighted by Crippen LogP contribution is -2.16. The minimum absolute atomic E-state index is 0.0606. The summed E-state index contributed by atoms with van der Waals surface area (Å²) in [6.45, 7) is 1.68. The van der Waals surface area contributed by atoms with Gasteiger partial charge in [0.15, 0.2) is 11.0 Å². The number of anilines is 1. The molecule has 2 heterocycles. The summed E-state index contributed by atoms with van der Waals surface area (Å²) in [7, 11) is -2.84. The monoisotopic (exact) mass is 524 g/mol. The zero-order chi connectivity index (χ0) is 22.8. The largest absolute Gasteiger partial charge is 0.478 e. The van der Waals surface area contributed by atoms with Gasteiger partial charge in [-0.2, -0.15) is 4.98 Å². The molecule has 0 spiro atoms. The lowest BCUT2D eigenvalue weighted by molar-refractivity contribution is 0.360. The van der Waals surface area contributed by atoms with Crippen LogP contribution in [0.3, 0.4) is 0 Å². The summed E-state index contributed by atoms with van der Waals surface area (Å²) in [5, 5.41) is 3.85. The van der Waals surface area contributed by atoms with Gasteiger partial charge in [-0.05, 0) is 19.1 Å². The maximum absolute atomic E-state index is 12.7. The molecule has 166 valence electrons. The Labute approximate surface area is 196 Å². The van der Waals surface area contributed by atoms with E-state index in [0.717, 1.165) is 11.8 Å². The van der Waals surface area contributed by atoms with Crippen LogP contribution in [0.1, 0.15) is 17.8 Å². The summed E-state index contributed by atoms with van der Waals surface area (Å²) in [5.74, 6) is 0.707. The van der Waals surface area contributed by atoms with Gasteiger partial charge in [-0.15, -0.1) is 11.8 Å². The first-order valence-electron chi connectivity index (χ1n) is 8.39. The van der Waals surface area contributed by atoms with Gasteiger partial charge >= 0.3 is 0 Å². The van der Waals surface area contributed by atoms with Gasteiger partial charge in [-0.3, -0.25) is 4.72 Å². The highest BCUT2D eigenvalue weighted by Gasteiger charge is 2.24. The molecule has 0 radical (unpaired) electrons. The summed E-state index contributed by atoms with van der Waals surface area (Å²) >= 11 is 19.3. The first-order chi connectivity index (χ1) is 14.6. The van der Waals surface area contributed by atoms with Crippen molar-refractivity contribution in [2.45, 2.75) is 22.9 Å². The van der Waals surface area contributed by atoms with Crippen LogP contribution in [-0.2, 0) is 10.0 Å². The van der Waals surface area contributed by atoms with E-state index in [1.807, 2.05) is 0 Å². The number of nitrogens with two attached hydrogens (primary N) is 1. The highest BCUT2D eigenvalue weighted by Crippen LogP contribution is 2.34. The van der Waals surface area contributed by atoms with Crippen molar-refractivity contribution in [1.82, 2.24) is 20.1 Å². The van der Waals surface area contributed by atoms with E-state index in [1.54, 1.807) is 6.92 Å². The average molecular weight is 526 g/mol. The third-order valence-electron chi connectivity index (χ3n) is 3.68. The van der Waals surface area contributed by atoms with Crippen LogP contribution in [0.4, 0.5) is 5.82 Å². The van der Waals surface area contributed by atoms with Gasteiger partial charge < -0.3 is 15.0 Å². The number of halogens is 3. The second-order valence-electron chi connectivity index (χ2n) is 5.93. The maximum Gasteiger partial charge on any atom is 0.264 e. The van der Waals surface area contributed by atoms with Gasteiger partial charge in [0, 0.05) is 5.75 Å². The lowest BCUT2D eigenvalue weighted by Gasteiger charge is -2.14. The molecule has 0 bridgehead atoms. The predicted octanol–water partition coefficient (Wildman–Crippen LogP) is 3.73. The standard InChI is InChI=1S/C16H15Cl3N6O4S2/c1-7-21-14(29-24-7)9(20)6-30-16-12(19)22-13(15(23-16)28-2)25-31(26,27)10-5-3-4-8(17)11(10)18/h3-5,9H,6,20H2,1-2H3,(H,22,25). The molecule has 1 atom stereocenters. The molecule has 1 unspecified atom stereocenters. The number of aryl methyl sites for hydroxylation is 1. The average Bonchev–Trinajstić information content (AvgIpc) is 3.15. The molecular formula is C16H15Cl3N6O4S2. The molecule has 3 rings (SSSR count). The Hall–Kier alpha value is -1.83. The number of rotatable bonds is 8. The smallest absolute Gasteiger partial charge is 0.264 e. The van der Waals surface area contributed by atoms with Crippen LogP contribution in [0.25, 0.3) is 0 Å². The van der Waals surface area contributed by atoms with Crippen LogP contribution < -0.4 is 15.2 Å². The molecule has 1 aromatic carbocycles. The lowest BCUT2D eigenvalue weighted by atomic mass is 10.4. The van der Waals surface area contributed by atoms with Crippen molar-refractivity contribution in [3.63, 3.8) is 0 Å². The molecule has 3 N–H and O–H groups in total. The summed E-state index contributed by atoms with van der Waals surface area (Å²) in [5.41, 5.74) is 6.03. The fourth-order valence-electron chi connectivity index (χ4n) is 2.26. The van der Waals surface area contributed by atoms with Crippen molar-refractivity contribution in [3.8, 4) is 5.88 Å². The SMILES string of the molecule is COc1nc(SCC(N)c2nc(C)no2)c(Cl)nc1NS(=O)(=O)c1cccc(Cl)c1Cl. The van der Waals surface area contributed by atoms with Gasteiger partial charge in [0.05, 0.1) is 23.2 Å². The minimum atomic E-state index is -4.15. The van der Waals surface area contributed by atoms with Crippen molar-refractivity contribution in [2.75, 3.05) is 17.6 Å². The van der Waals surface area contributed by atoms with Crippen LogP contribution in [-0.4, -0.2) is 41.4 Å². The number of hydrogen-bond acceptors (Lipinski definition) is 10. The first kappa shape index (κ1) is 23.8. The molecule has 0 amide bonds. The first-order valence-corrected chi connectivity index (χ1v) is 12.0. The third-order valence-corrected chi connectivity index (χ3v) is 7.45. The number of nitrogens with zero attached hydrogens (tertiary/aromatic N) is 4. The zero-order valence-electron chi connectivity index (χ0n) is 16.0. The van der Waals surface area contributed by atoms with Crippen LogP contribution in [0, 0.1) is 6.92 Å². The number of aromatic nitrogens is 4. The molecule has 0 saturated carbocycles. The van der Waals surface area contributed by atoms with E-state index in [9.17, 15) is 8.42 Å². The van der Waals surface area contributed by atoms with E-state index in [2.05, 4.69) is 24.8 Å². The van der Waals surface area contributed by atoms with Crippen LogP contribution in [0.5, 0.6) is 5.88 Å². The van der Waals surface area contributed by atoms with Crippen LogP contribution >= 0.6 is 46.6 Å². The van der Waals surface area contributed by atoms with Crippen LogP contribution in [0.15, 0.2) is 32.6 Å². The van der Waals surface area contributed by atoms with Gasteiger partial charge in [0.2, 0.25) is 11.7 Å². The Kier molecular flexibility index (Phi) is 7.50. The molecular weight excluding hydrogens is 511 g/mol. The number of methoxy groups -OCH3 is 1. The second-order valence-corrected chi connectivity index (χ2v) is 9.73. The molecule has 0 saturated heterocycles. The maximum atomic E-state index is 12.7. The van der Waals surface area contributed by atoms with E-state index >= 15 is 0 Å². The van der Waals surface area contributed by atoms with Gasteiger partial charge in [-0.1, -0.05) is 46.0 Å². The van der Waals surface area contributed by atoms with Gasteiger partial charge in [-0.25, -0.2) is 18.4 Å². The van der Waals surface area contributed by atoms with E-state index in [4.69, 9.17) is 49.8 Å². The summed E-state index contributed by atoms with van der Waals surface area (Å²) in [4.78, 5) is 12.1. The van der Waals surface area contributed by atoms with Crippen molar-refractivity contribution in [2.24, 2.45) is 5.73 Å². The van der Waals surface area contributed by atoms with E-state index in [0.29, 0.717) is 11.6 Å². The van der Waals surface area contributed by atoms with E-state index in [-0.39, 0.29) is 42.7 Å². The Bertz CT molecular complexity index is 1210. The summed E-state index contributed by atoms with van der Waals surface area (Å²) < 4.78 is 38.0. The number of ether oxygens (including phenoxy) is 1. The highest BCUT2D eigenvalue weighted by molar-refractivity contribution is 7.99. The molecule has 0 aliphatic rings. The fourth-order valence-corrected chi connectivity index (χ4v) is 5.11. The second kappa shape index (κ2) is 9.76. The number of thioether (sulfide) groups is 1. The van der Waals surface area contributed by atoms with Crippen molar-refractivity contribution in [1.29, 1.82) is 0 Å². The van der Waals surface area contributed by atoms with Crippen LogP contribution in [0.2, 0.25) is 15.2 Å². The third kappa shape index (κ3) is 5.51. The van der Waals surface area contributed by atoms with Crippen molar-refractivity contribution in [3.05, 3.63) is 45.1 Å². The highest BCUT2D eigenvalue weighted by atomic mass is 35.5. The Balaban J connectivity index is 1.83. The fraction of sp³-hybridized carbons (Fsp3) is 0.250. The molecule has 2 aromatic heterocycles. The number of benzene rings is 1. The molecule has 10 nitrogen and oxygen atoms in total. The van der Waals surface area contributed by atoms with Crippen molar-refractivity contribution >= 4 is 62.4 Å². The molecule has 0 aliphatic heterocycles. The molecule has 15 heteroatoms. The van der Waals surface area contributed by atoms with Crippen molar-refractivity contribution < 1.29 is 17.7 Å². The quantitative estimate of drug-likeness (QED) is 0.417. The molecule has 0 fully saturated rings. The summed E-state index contributed by atoms with van der Waals surface area (Å²) in [6.07, 6.45) is 0. The van der Waals surface area contributed by atoms with E-state index in [1.165, 1.54) is 25.3 Å². The minimum Gasteiger partial charge on any atom is -0.478 e. The molecule has 3 aromatic rings. The van der Waals surface area contributed by atoms with Gasteiger partial charge in [0.1, 0.15) is 9.92 Å². The normalized spacial score (nSPS) is 12.6.